The maximum atomic E-state index is 5.52. The average Bonchev–Trinajstić information content (AvgIpc) is 2.70. The summed E-state index contributed by atoms with van der Waals surface area (Å²) in [6.45, 7) is 27.5. The van der Waals surface area contributed by atoms with E-state index in [4.69, 9.17) is 4.74 Å². The van der Waals surface area contributed by atoms with Gasteiger partial charge in [-0.15, -0.1) is 6.58 Å². The average molecular weight is 445 g/mol. The highest BCUT2D eigenvalue weighted by molar-refractivity contribution is 5.15. The number of allylic oxidation sites excluding steroid dienone is 8. The van der Waals surface area contributed by atoms with Crippen LogP contribution in [0.3, 0.4) is 0 Å². The highest BCUT2D eigenvalue weighted by atomic mass is 16.5. The molecular formula is C31H56O. The molecule has 1 heteroatoms. The largest absolute Gasteiger partial charge is 0.494 e. The van der Waals surface area contributed by atoms with E-state index in [0.29, 0.717) is 6.61 Å². The van der Waals surface area contributed by atoms with E-state index in [0.717, 1.165) is 28.9 Å². The lowest BCUT2D eigenvalue weighted by atomic mass is 9.58. The Balaban J connectivity index is 0. The standard InChI is InChI=1S/C14H22O.C12H22.C3H6.C2H6/c1-6-13(4)11-15-14(5)10-8-7-9-12(2)3;1-9-4-11-5-10(2)7-12(3,6-9)8-11;1-3-2;1-2/h6-10H,11H2,1-5H3;9-11H,4-8H2,1-3H3;3H,1H2,2H3;1-2H3/b8-7-,13-6+,14-10+;;;. The Bertz CT molecular complexity index is 578. The molecule has 2 unspecified atom stereocenters. The number of fused-ring (bicyclic) bond motifs is 2. The van der Waals surface area contributed by atoms with Gasteiger partial charge in [0.1, 0.15) is 6.61 Å². The Labute approximate surface area is 202 Å². The molecule has 0 radical (unpaired) electrons. The van der Waals surface area contributed by atoms with Crippen molar-refractivity contribution in [3.8, 4) is 0 Å². The van der Waals surface area contributed by atoms with Crippen LogP contribution < -0.4 is 0 Å². The molecule has 2 rings (SSSR count). The van der Waals surface area contributed by atoms with E-state index >= 15 is 0 Å². The van der Waals surface area contributed by atoms with Gasteiger partial charge in [-0.2, -0.15) is 0 Å². The maximum Gasteiger partial charge on any atom is 0.109 e. The molecule has 32 heavy (non-hydrogen) atoms. The second-order valence-electron chi connectivity index (χ2n) is 10.2. The summed E-state index contributed by atoms with van der Waals surface area (Å²) in [7, 11) is 0. The van der Waals surface area contributed by atoms with Crippen LogP contribution in [-0.4, -0.2) is 6.61 Å². The molecule has 0 saturated heterocycles. The molecule has 186 valence electrons. The van der Waals surface area contributed by atoms with Crippen molar-refractivity contribution in [3.05, 3.63) is 59.9 Å². The lowest BCUT2D eigenvalue weighted by Crippen LogP contribution is -2.36. The van der Waals surface area contributed by atoms with Crippen molar-refractivity contribution in [2.75, 3.05) is 6.61 Å². The fourth-order valence-electron chi connectivity index (χ4n) is 5.00. The number of hydrogen-bond acceptors (Lipinski definition) is 1. The quantitative estimate of drug-likeness (QED) is 0.233. The normalized spacial score (nSPS) is 26.9. The van der Waals surface area contributed by atoms with Crippen LogP contribution >= 0.6 is 0 Å². The minimum absolute atomic E-state index is 0.676. The Morgan fingerprint density at radius 2 is 1.38 bits per heavy atom. The van der Waals surface area contributed by atoms with Crippen LogP contribution in [0.4, 0.5) is 0 Å². The summed E-state index contributed by atoms with van der Waals surface area (Å²) in [6.07, 6.45) is 19.4. The second kappa shape index (κ2) is 19.0. The molecule has 0 aromatic carbocycles. The maximum absolute atomic E-state index is 5.52. The van der Waals surface area contributed by atoms with Crippen LogP contribution in [-0.2, 0) is 4.74 Å². The predicted molar refractivity (Wildman–Crippen MR) is 148 cm³/mol. The summed E-state index contributed by atoms with van der Waals surface area (Å²) in [6, 6.07) is 0. The molecule has 0 amide bonds. The van der Waals surface area contributed by atoms with Gasteiger partial charge in [-0.05, 0) is 108 Å². The van der Waals surface area contributed by atoms with E-state index in [9.17, 15) is 0 Å². The van der Waals surface area contributed by atoms with Crippen LogP contribution in [0.1, 0.15) is 108 Å². The molecule has 0 N–H and O–H groups in total. The van der Waals surface area contributed by atoms with E-state index in [1.807, 2.05) is 52.8 Å². The molecule has 1 nitrogen and oxygen atoms in total. The first-order valence-corrected chi connectivity index (χ1v) is 12.8. The molecular weight excluding hydrogens is 388 g/mol. The lowest BCUT2D eigenvalue weighted by molar-refractivity contribution is 0.0331. The minimum atomic E-state index is 0.676. The predicted octanol–water partition coefficient (Wildman–Crippen LogP) is 10.5. The summed E-state index contributed by atoms with van der Waals surface area (Å²) in [5.41, 5.74) is 3.26. The zero-order valence-electron chi connectivity index (χ0n) is 23.6. The number of hydrogen-bond donors (Lipinski definition) is 0. The lowest BCUT2D eigenvalue weighted by Gasteiger charge is -2.48. The third kappa shape index (κ3) is 17.1. The smallest absolute Gasteiger partial charge is 0.109 e. The summed E-state index contributed by atoms with van der Waals surface area (Å²) >= 11 is 0. The van der Waals surface area contributed by atoms with Crippen LogP contribution in [0.25, 0.3) is 0 Å². The molecule has 0 aliphatic heterocycles. The summed E-state index contributed by atoms with van der Waals surface area (Å²) in [4.78, 5) is 0. The molecule has 2 aliphatic carbocycles. The van der Waals surface area contributed by atoms with E-state index in [1.165, 1.54) is 43.3 Å². The van der Waals surface area contributed by atoms with Gasteiger partial charge in [0.25, 0.3) is 0 Å². The van der Waals surface area contributed by atoms with Gasteiger partial charge in [-0.25, -0.2) is 0 Å². The number of rotatable bonds is 5. The van der Waals surface area contributed by atoms with Crippen molar-refractivity contribution in [1.82, 2.24) is 0 Å². The Morgan fingerprint density at radius 3 is 1.78 bits per heavy atom. The van der Waals surface area contributed by atoms with Gasteiger partial charge in [0, 0.05) is 0 Å². The van der Waals surface area contributed by atoms with E-state index < -0.39 is 0 Å². The molecule has 2 aliphatic rings. The van der Waals surface area contributed by atoms with Gasteiger partial charge in [-0.3, -0.25) is 0 Å². The molecule has 2 bridgehead atoms. The van der Waals surface area contributed by atoms with Crippen molar-refractivity contribution in [3.63, 3.8) is 0 Å². The van der Waals surface area contributed by atoms with Crippen molar-refractivity contribution in [1.29, 1.82) is 0 Å². The van der Waals surface area contributed by atoms with Gasteiger partial charge in [0.2, 0.25) is 0 Å². The van der Waals surface area contributed by atoms with Gasteiger partial charge < -0.3 is 4.74 Å². The van der Waals surface area contributed by atoms with E-state index in [2.05, 4.69) is 60.3 Å². The van der Waals surface area contributed by atoms with Gasteiger partial charge in [-0.1, -0.05) is 70.6 Å². The van der Waals surface area contributed by atoms with E-state index in [-0.39, 0.29) is 0 Å². The molecule has 0 spiro atoms. The van der Waals surface area contributed by atoms with Gasteiger partial charge >= 0.3 is 0 Å². The summed E-state index contributed by atoms with van der Waals surface area (Å²) in [5.74, 6) is 4.01. The van der Waals surface area contributed by atoms with Crippen LogP contribution in [0, 0.1) is 23.2 Å². The van der Waals surface area contributed by atoms with Crippen LogP contribution in [0.5, 0.6) is 0 Å². The number of ether oxygens (including phenoxy) is 1. The van der Waals surface area contributed by atoms with Crippen molar-refractivity contribution in [2.24, 2.45) is 23.2 Å². The third-order valence-corrected chi connectivity index (χ3v) is 5.83. The van der Waals surface area contributed by atoms with Gasteiger partial charge in [0.15, 0.2) is 0 Å². The highest BCUT2D eigenvalue weighted by Crippen LogP contribution is 2.52. The SMILES string of the molecule is C/C=C(\C)CO/C(C)=C/C=C\C=C(C)C.C=CC.CC.CC1CC2CC(C)CC(C)(C1)C2. The molecule has 2 fully saturated rings. The van der Waals surface area contributed by atoms with Gasteiger partial charge in [0.05, 0.1) is 5.76 Å². The first kappa shape index (κ1) is 32.7. The Hall–Kier alpha value is -1.50. The monoisotopic (exact) mass is 444 g/mol. The van der Waals surface area contributed by atoms with Crippen LogP contribution in [0.2, 0.25) is 0 Å². The first-order valence-electron chi connectivity index (χ1n) is 12.8. The van der Waals surface area contributed by atoms with Crippen molar-refractivity contribution < 1.29 is 4.74 Å². The molecule has 2 saturated carbocycles. The fourth-order valence-corrected chi connectivity index (χ4v) is 5.00. The summed E-state index contributed by atoms with van der Waals surface area (Å²) < 4.78 is 5.52. The molecule has 0 aromatic heterocycles. The third-order valence-electron chi connectivity index (χ3n) is 5.83. The molecule has 0 aromatic rings. The second-order valence-corrected chi connectivity index (χ2v) is 10.2. The minimum Gasteiger partial charge on any atom is -0.494 e. The zero-order chi connectivity index (χ0) is 25.2. The van der Waals surface area contributed by atoms with Crippen molar-refractivity contribution in [2.45, 2.75) is 108 Å². The highest BCUT2D eigenvalue weighted by Gasteiger charge is 2.40. The Kier molecular flexibility index (Phi) is 19.4. The summed E-state index contributed by atoms with van der Waals surface area (Å²) in [5, 5.41) is 0. The molecule has 0 heterocycles. The first-order chi connectivity index (χ1) is 15.0. The van der Waals surface area contributed by atoms with E-state index in [1.54, 1.807) is 6.08 Å². The van der Waals surface area contributed by atoms with Crippen LogP contribution in [0.15, 0.2) is 59.9 Å². The Morgan fingerprint density at radius 1 is 0.906 bits per heavy atom. The van der Waals surface area contributed by atoms with Crippen molar-refractivity contribution >= 4 is 0 Å². The topological polar surface area (TPSA) is 9.23 Å². The fraction of sp³-hybridized carbons (Fsp3) is 0.677. The molecule has 2 atom stereocenters. The zero-order valence-corrected chi connectivity index (χ0v) is 23.6.